The van der Waals surface area contributed by atoms with E-state index in [9.17, 15) is 9.59 Å². The van der Waals surface area contributed by atoms with Crippen LogP contribution in [-0.4, -0.2) is 41.1 Å². The Kier molecular flexibility index (Phi) is 6.38. The van der Waals surface area contributed by atoms with Gasteiger partial charge in [-0.05, 0) is 32.6 Å². The van der Waals surface area contributed by atoms with Gasteiger partial charge in [-0.25, -0.2) is 9.78 Å². The molecule has 0 aliphatic carbocycles. The second-order valence-corrected chi connectivity index (χ2v) is 6.89. The average molecular weight is 339 g/mol. The Bertz CT molecular complexity index is 559. The molecule has 23 heavy (non-hydrogen) atoms. The van der Waals surface area contributed by atoms with Crippen LogP contribution in [0.25, 0.3) is 0 Å². The molecule has 2 rings (SSSR count). The first-order valence-corrected chi connectivity index (χ1v) is 9.09. The van der Waals surface area contributed by atoms with E-state index in [-0.39, 0.29) is 12.0 Å². The number of thiazole rings is 1. The molecule has 0 aromatic carbocycles. The van der Waals surface area contributed by atoms with Gasteiger partial charge in [-0.3, -0.25) is 9.69 Å². The molecule has 0 unspecified atom stereocenters. The zero-order chi connectivity index (χ0) is 16.8. The third kappa shape index (κ3) is 4.43. The normalized spacial score (nSPS) is 17.3. The molecule has 1 fully saturated rings. The Balaban J connectivity index is 1.95. The molecule has 1 N–H and O–H groups in total. The lowest BCUT2D eigenvalue weighted by Crippen LogP contribution is -2.43. The zero-order valence-electron chi connectivity index (χ0n) is 14.1. The fourth-order valence-corrected chi connectivity index (χ4v) is 3.55. The van der Waals surface area contributed by atoms with Gasteiger partial charge in [0.15, 0.2) is 5.13 Å². The molecular weight excluding hydrogens is 314 g/mol. The van der Waals surface area contributed by atoms with Crippen LogP contribution in [0.3, 0.4) is 0 Å². The molecule has 2 heterocycles. The Labute approximate surface area is 141 Å². The number of nitrogens with zero attached hydrogens (tertiary/aromatic N) is 2. The minimum Gasteiger partial charge on any atom is -0.449 e. The van der Waals surface area contributed by atoms with Crippen molar-refractivity contribution in [2.75, 3.05) is 18.5 Å². The van der Waals surface area contributed by atoms with Crippen LogP contribution in [-0.2, 0) is 16.0 Å². The van der Waals surface area contributed by atoms with Crippen molar-refractivity contribution in [1.82, 2.24) is 9.88 Å². The SMILES string of the molecule is CCCCOC(=O)N1CCC[C@@H]1C(=O)Nc1nc(CC)c(C)s1. The summed E-state index contributed by atoms with van der Waals surface area (Å²) in [5.74, 6) is -0.175. The van der Waals surface area contributed by atoms with E-state index in [4.69, 9.17) is 4.74 Å². The van der Waals surface area contributed by atoms with Gasteiger partial charge in [-0.2, -0.15) is 0 Å². The number of unbranched alkanes of at least 4 members (excludes halogenated alkanes) is 1. The summed E-state index contributed by atoms with van der Waals surface area (Å²) in [6.07, 6.45) is 3.75. The summed E-state index contributed by atoms with van der Waals surface area (Å²) in [5, 5.41) is 3.46. The number of rotatable bonds is 6. The first-order valence-electron chi connectivity index (χ1n) is 8.27. The van der Waals surface area contributed by atoms with Gasteiger partial charge in [-0.15, -0.1) is 11.3 Å². The summed E-state index contributed by atoms with van der Waals surface area (Å²) in [4.78, 5) is 31.6. The van der Waals surface area contributed by atoms with Crippen LogP contribution in [0.2, 0.25) is 0 Å². The largest absolute Gasteiger partial charge is 0.449 e. The van der Waals surface area contributed by atoms with Crippen LogP contribution in [0.15, 0.2) is 0 Å². The summed E-state index contributed by atoms with van der Waals surface area (Å²) < 4.78 is 5.23. The maximum Gasteiger partial charge on any atom is 0.410 e. The predicted molar refractivity (Wildman–Crippen MR) is 90.8 cm³/mol. The van der Waals surface area contributed by atoms with Crippen LogP contribution in [0.1, 0.15) is 50.1 Å². The molecule has 2 amide bonds. The number of carbonyl (C=O) groups is 2. The van der Waals surface area contributed by atoms with Gasteiger partial charge in [0.25, 0.3) is 0 Å². The Morgan fingerprint density at radius 3 is 2.87 bits per heavy atom. The standard InChI is InChI=1S/C16H25N3O3S/c1-4-6-10-22-16(21)19-9-7-8-13(19)14(20)18-15-17-12(5-2)11(3)23-15/h13H,4-10H2,1-3H3,(H,17,18,20)/t13-/m1/s1. The summed E-state index contributed by atoms with van der Waals surface area (Å²) in [6, 6.07) is -0.460. The van der Waals surface area contributed by atoms with E-state index in [1.165, 1.54) is 16.2 Å². The van der Waals surface area contributed by atoms with Gasteiger partial charge in [-0.1, -0.05) is 20.3 Å². The second kappa shape index (κ2) is 8.29. The molecule has 6 nitrogen and oxygen atoms in total. The minimum absolute atomic E-state index is 0.175. The maximum absolute atomic E-state index is 12.5. The van der Waals surface area contributed by atoms with Gasteiger partial charge in [0.1, 0.15) is 6.04 Å². The molecule has 1 saturated heterocycles. The number of hydrogen-bond acceptors (Lipinski definition) is 5. The quantitative estimate of drug-likeness (QED) is 0.807. The third-order valence-corrected chi connectivity index (χ3v) is 4.90. The van der Waals surface area contributed by atoms with Crippen LogP contribution >= 0.6 is 11.3 Å². The predicted octanol–water partition coefficient (Wildman–Crippen LogP) is 3.35. The highest BCUT2D eigenvalue weighted by Crippen LogP contribution is 2.25. The number of nitrogens with one attached hydrogen (secondary N) is 1. The molecule has 7 heteroatoms. The number of aryl methyl sites for hydroxylation is 2. The Hall–Kier alpha value is -1.63. The van der Waals surface area contributed by atoms with E-state index < -0.39 is 6.04 Å². The van der Waals surface area contributed by atoms with Gasteiger partial charge in [0, 0.05) is 11.4 Å². The first kappa shape index (κ1) is 17.7. The maximum atomic E-state index is 12.5. The van der Waals surface area contributed by atoms with Crippen molar-refractivity contribution in [1.29, 1.82) is 0 Å². The number of likely N-dealkylation sites (tertiary alicyclic amines) is 1. The molecule has 0 bridgehead atoms. The molecule has 0 saturated carbocycles. The molecule has 128 valence electrons. The number of anilines is 1. The summed E-state index contributed by atoms with van der Waals surface area (Å²) in [7, 11) is 0. The van der Waals surface area contributed by atoms with Gasteiger partial charge in [0.2, 0.25) is 5.91 Å². The van der Waals surface area contributed by atoms with E-state index in [1.807, 2.05) is 20.8 Å². The molecule has 1 atom stereocenters. The van der Waals surface area contributed by atoms with E-state index in [2.05, 4.69) is 10.3 Å². The number of hydrogen-bond donors (Lipinski definition) is 1. The van der Waals surface area contributed by atoms with Crippen LogP contribution in [0.5, 0.6) is 0 Å². The third-order valence-electron chi connectivity index (χ3n) is 3.97. The van der Waals surface area contributed by atoms with Crippen molar-refractivity contribution in [3.8, 4) is 0 Å². The Morgan fingerprint density at radius 1 is 1.43 bits per heavy atom. The smallest absolute Gasteiger partial charge is 0.410 e. The molecule has 0 radical (unpaired) electrons. The van der Waals surface area contributed by atoms with Crippen molar-refractivity contribution in [2.45, 2.75) is 58.9 Å². The lowest BCUT2D eigenvalue weighted by atomic mass is 10.2. The van der Waals surface area contributed by atoms with Crippen molar-refractivity contribution >= 4 is 28.5 Å². The van der Waals surface area contributed by atoms with Crippen LogP contribution in [0, 0.1) is 6.92 Å². The lowest BCUT2D eigenvalue weighted by molar-refractivity contribution is -0.120. The fourth-order valence-electron chi connectivity index (χ4n) is 2.64. The number of carbonyl (C=O) groups excluding carboxylic acids is 2. The molecular formula is C16H25N3O3S. The zero-order valence-corrected chi connectivity index (χ0v) is 14.9. The van der Waals surface area contributed by atoms with Gasteiger partial charge in [0.05, 0.1) is 12.3 Å². The molecule has 1 aromatic heterocycles. The number of amides is 2. The second-order valence-electron chi connectivity index (χ2n) is 5.68. The molecule has 1 aromatic rings. The molecule has 0 spiro atoms. The van der Waals surface area contributed by atoms with E-state index in [0.29, 0.717) is 24.7 Å². The number of ether oxygens (including phenoxy) is 1. The highest BCUT2D eigenvalue weighted by molar-refractivity contribution is 7.15. The van der Waals surface area contributed by atoms with E-state index in [0.717, 1.165) is 36.3 Å². The van der Waals surface area contributed by atoms with Crippen molar-refractivity contribution < 1.29 is 14.3 Å². The monoisotopic (exact) mass is 339 g/mol. The average Bonchev–Trinajstić information content (AvgIpc) is 3.13. The van der Waals surface area contributed by atoms with E-state index in [1.54, 1.807) is 0 Å². The highest BCUT2D eigenvalue weighted by atomic mass is 32.1. The molecule has 1 aliphatic heterocycles. The van der Waals surface area contributed by atoms with E-state index >= 15 is 0 Å². The van der Waals surface area contributed by atoms with Crippen LogP contribution < -0.4 is 5.32 Å². The summed E-state index contributed by atoms with van der Waals surface area (Å²) >= 11 is 1.47. The minimum atomic E-state index is -0.460. The first-order chi connectivity index (χ1) is 11.1. The fraction of sp³-hybridized carbons (Fsp3) is 0.688. The van der Waals surface area contributed by atoms with Crippen LogP contribution in [0.4, 0.5) is 9.93 Å². The van der Waals surface area contributed by atoms with Gasteiger partial charge < -0.3 is 10.1 Å². The summed E-state index contributed by atoms with van der Waals surface area (Å²) in [6.45, 7) is 7.06. The molecule has 1 aliphatic rings. The lowest BCUT2D eigenvalue weighted by Gasteiger charge is -2.22. The topological polar surface area (TPSA) is 71.5 Å². The van der Waals surface area contributed by atoms with Crippen molar-refractivity contribution in [2.24, 2.45) is 0 Å². The Morgan fingerprint density at radius 2 is 2.22 bits per heavy atom. The van der Waals surface area contributed by atoms with Crippen molar-refractivity contribution in [3.63, 3.8) is 0 Å². The summed E-state index contributed by atoms with van der Waals surface area (Å²) in [5.41, 5.74) is 1.01. The van der Waals surface area contributed by atoms with Gasteiger partial charge >= 0.3 is 6.09 Å². The highest BCUT2D eigenvalue weighted by Gasteiger charge is 2.35. The number of aromatic nitrogens is 1. The van der Waals surface area contributed by atoms with Crippen molar-refractivity contribution in [3.05, 3.63) is 10.6 Å².